The first-order valence-corrected chi connectivity index (χ1v) is 15.1. The average Bonchev–Trinajstić information content (AvgIpc) is 3.57. The predicted molar refractivity (Wildman–Crippen MR) is 143 cm³/mol. The van der Waals surface area contributed by atoms with Crippen molar-refractivity contribution in [2.24, 2.45) is 5.92 Å². The number of aromatic nitrogens is 2. The fourth-order valence-electron chi connectivity index (χ4n) is 4.87. The van der Waals surface area contributed by atoms with Crippen LogP contribution in [0, 0.1) is 18.7 Å². The quantitative estimate of drug-likeness (QED) is 0.397. The molecular weight excluding hydrogens is 509 g/mol. The lowest BCUT2D eigenvalue weighted by Crippen LogP contribution is -2.52. The molecule has 0 spiro atoms. The Morgan fingerprint density at radius 2 is 2.00 bits per heavy atom. The van der Waals surface area contributed by atoms with Crippen LogP contribution in [-0.2, 0) is 19.6 Å². The van der Waals surface area contributed by atoms with Crippen molar-refractivity contribution in [2.45, 2.75) is 83.8 Å². The van der Waals surface area contributed by atoms with Crippen molar-refractivity contribution in [2.75, 3.05) is 12.3 Å². The second-order valence-electron chi connectivity index (χ2n) is 10.8. The molecule has 0 unspecified atom stereocenters. The summed E-state index contributed by atoms with van der Waals surface area (Å²) in [5.41, 5.74) is 1.62. The number of piperidine rings is 1. The van der Waals surface area contributed by atoms with E-state index in [1.54, 1.807) is 30.9 Å². The minimum absolute atomic E-state index is 0.0501. The first kappa shape index (κ1) is 28.2. The van der Waals surface area contributed by atoms with Gasteiger partial charge in [-0.1, -0.05) is 18.9 Å². The predicted octanol–water partition coefficient (Wildman–Crippen LogP) is 3.58. The highest BCUT2D eigenvalue weighted by molar-refractivity contribution is 7.89. The smallest absolute Gasteiger partial charge is 0.239 e. The average molecular weight is 548 g/mol. The van der Waals surface area contributed by atoms with Gasteiger partial charge in [-0.15, -0.1) is 0 Å². The maximum absolute atomic E-state index is 14.4. The second kappa shape index (κ2) is 11.9. The number of amides is 2. The van der Waals surface area contributed by atoms with E-state index in [0.29, 0.717) is 36.0 Å². The Labute approximate surface area is 224 Å². The number of hydrogen-bond donors (Lipinski definition) is 3. The standard InChI is InChI=1S/C27H38FN5O4S/c1-17-7-10-21(22(28)14-17)24-16-29-26(31-24)19(3)30-27(35)23(32-38(36,37)13-11-20-8-9-20)15-25(34)33-12-5-4-6-18(33)2/h7,10,14,16,18-20,23,32H,4-6,8-9,11-13,15H2,1-3H3,(H,29,31)(H,30,35)/t18-,19-,23-/m0/s1. The molecule has 2 fully saturated rings. The number of nitrogens with one attached hydrogen (secondary N) is 3. The van der Waals surface area contributed by atoms with Crippen molar-refractivity contribution in [3.8, 4) is 11.3 Å². The zero-order valence-electron chi connectivity index (χ0n) is 22.3. The summed E-state index contributed by atoms with van der Waals surface area (Å²) in [7, 11) is -3.76. The van der Waals surface area contributed by atoms with E-state index in [2.05, 4.69) is 20.0 Å². The molecule has 2 aromatic rings. The molecule has 3 N–H and O–H groups in total. The van der Waals surface area contributed by atoms with E-state index in [1.165, 1.54) is 12.3 Å². The van der Waals surface area contributed by atoms with Crippen LogP contribution >= 0.6 is 0 Å². The van der Waals surface area contributed by atoms with E-state index >= 15 is 0 Å². The van der Waals surface area contributed by atoms with E-state index < -0.39 is 28.0 Å². The molecule has 0 bridgehead atoms. The molecule has 38 heavy (non-hydrogen) atoms. The molecule has 2 amide bonds. The van der Waals surface area contributed by atoms with Crippen LogP contribution in [-0.4, -0.2) is 59.5 Å². The third-order valence-corrected chi connectivity index (χ3v) is 8.83. The molecule has 2 aliphatic rings. The number of H-pyrrole nitrogens is 1. The van der Waals surface area contributed by atoms with Gasteiger partial charge in [0.2, 0.25) is 21.8 Å². The van der Waals surface area contributed by atoms with E-state index in [4.69, 9.17) is 0 Å². The Balaban J connectivity index is 1.46. The van der Waals surface area contributed by atoms with Gasteiger partial charge < -0.3 is 15.2 Å². The minimum atomic E-state index is -3.76. The van der Waals surface area contributed by atoms with Crippen LogP contribution in [0.1, 0.15) is 76.2 Å². The number of carbonyl (C=O) groups excluding carboxylic acids is 2. The Morgan fingerprint density at radius 1 is 1.24 bits per heavy atom. The van der Waals surface area contributed by atoms with Crippen molar-refractivity contribution < 1.29 is 22.4 Å². The molecule has 1 saturated heterocycles. The minimum Gasteiger partial charge on any atom is -0.345 e. The van der Waals surface area contributed by atoms with Crippen molar-refractivity contribution in [1.82, 2.24) is 24.9 Å². The van der Waals surface area contributed by atoms with Gasteiger partial charge in [-0.2, -0.15) is 0 Å². The first-order valence-electron chi connectivity index (χ1n) is 13.4. The maximum Gasteiger partial charge on any atom is 0.239 e. The second-order valence-corrected chi connectivity index (χ2v) is 12.6. The number of imidazole rings is 1. The Bertz CT molecular complexity index is 1260. The Kier molecular flexibility index (Phi) is 8.87. The molecule has 2 heterocycles. The van der Waals surface area contributed by atoms with Crippen LogP contribution in [0.15, 0.2) is 24.4 Å². The largest absolute Gasteiger partial charge is 0.345 e. The van der Waals surface area contributed by atoms with Crippen LogP contribution in [0.3, 0.4) is 0 Å². The summed E-state index contributed by atoms with van der Waals surface area (Å²) in [5.74, 6) is -0.506. The van der Waals surface area contributed by atoms with Gasteiger partial charge in [0.25, 0.3) is 0 Å². The summed E-state index contributed by atoms with van der Waals surface area (Å²) in [5, 5.41) is 2.78. The first-order chi connectivity index (χ1) is 18.0. The summed E-state index contributed by atoms with van der Waals surface area (Å²) in [4.78, 5) is 35.5. The zero-order chi connectivity index (χ0) is 27.4. The molecule has 0 radical (unpaired) electrons. The van der Waals surface area contributed by atoms with E-state index in [0.717, 1.165) is 37.7 Å². The van der Waals surface area contributed by atoms with Crippen LogP contribution in [0.4, 0.5) is 4.39 Å². The molecule has 1 aliphatic heterocycles. The number of likely N-dealkylation sites (tertiary alicyclic amines) is 1. The Hall–Kier alpha value is -2.79. The van der Waals surface area contributed by atoms with E-state index in [-0.39, 0.29) is 29.9 Å². The van der Waals surface area contributed by atoms with Crippen LogP contribution in [0.2, 0.25) is 0 Å². The summed E-state index contributed by atoms with van der Waals surface area (Å²) in [6.45, 7) is 6.07. The summed E-state index contributed by atoms with van der Waals surface area (Å²) < 4.78 is 42.5. The number of hydrogen-bond acceptors (Lipinski definition) is 5. The number of carbonyl (C=O) groups is 2. The fourth-order valence-corrected chi connectivity index (χ4v) is 6.25. The fraction of sp³-hybridized carbons (Fsp3) is 0.593. The molecule has 1 aromatic carbocycles. The van der Waals surface area contributed by atoms with Gasteiger partial charge in [0.05, 0.1) is 30.1 Å². The van der Waals surface area contributed by atoms with Crippen LogP contribution < -0.4 is 10.0 Å². The molecule has 208 valence electrons. The number of aryl methyl sites for hydroxylation is 1. The number of aromatic amines is 1. The van der Waals surface area contributed by atoms with Crippen LogP contribution in [0.25, 0.3) is 11.3 Å². The molecule has 11 heteroatoms. The lowest BCUT2D eigenvalue weighted by atomic mass is 10.0. The lowest BCUT2D eigenvalue weighted by molar-refractivity contribution is -0.137. The third kappa shape index (κ3) is 7.41. The molecule has 1 aliphatic carbocycles. The topological polar surface area (TPSA) is 124 Å². The summed E-state index contributed by atoms with van der Waals surface area (Å²) in [6.07, 6.45) is 6.64. The summed E-state index contributed by atoms with van der Waals surface area (Å²) >= 11 is 0. The Morgan fingerprint density at radius 3 is 2.68 bits per heavy atom. The maximum atomic E-state index is 14.4. The molecule has 1 aromatic heterocycles. The number of rotatable bonds is 11. The van der Waals surface area contributed by atoms with Gasteiger partial charge in [0.15, 0.2) is 0 Å². The van der Waals surface area contributed by atoms with Gasteiger partial charge in [-0.05, 0) is 70.1 Å². The lowest BCUT2D eigenvalue weighted by Gasteiger charge is -2.34. The molecule has 9 nitrogen and oxygen atoms in total. The monoisotopic (exact) mass is 547 g/mol. The zero-order valence-corrected chi connectivity index (χ0v) is 23.1. The number of sulfonamides is 1. The van der Waals surface area contributed by atoms with Crippen molar-refractivity contribution >= 4 is 21.8 Å². The van der Waals surface area contributed by atoms with Gasteiger partial charge >= 0.3 is 0 Å². The SMILES string of the molecule is Cc1ccc(-c2cnc([C@H](C)NC(=O)[C@H](CC(=O)N3CCCC[C@@H]3C)NS(=O)(=O)CCC3CC3)[nH]2)c(F)c1. The molecule has 4 rings (SSSR count). The van der Waals surface area contributed by atoms with Crippen molar-refractivity contribution in [1.29, 1.82) is 0 Å². The van der Waals surface area contributed by atoms with E-state index in [1.807, 2.05) is 6.92 Å². The van der Waals surface area contributed by atoms with Gasteiger partial charge in [-0.25, -0.2) is 22.5 Å². The highest BCUT2D eigenvalue weighted by Gasteiger charge is 2.33. The molecular formula is C27H38FN5O4S. The third-order valence-electron chi connectivity index (χ3n) is 7.41. The molecule has 1 saturated carbocycles. The highest BCUT2D eigenvalue weighted by Crippen LogP contribution is 2.32. The van der Waals surface area contributed by atoms with Crippen LogP contribution in [0.5, 0.6) is 0 Å². The number of halogens is 1. The number of nitrogens with zero attached hydrogens (tertiary/aromatic N) is 2. The molecule has 3 atom stereocenters. The van der Waals surface area contributed by atoms with Crippen molar-refractivity contribution in [3.63, 3.8) is 0 Å². The van der Waals surface area contributed by atoms with Gasteiger partial charge in [0.1, 0.15) is 17.7 Å². The highest BCUT2D eigenvalue weighted by atomic mass is 32.2. The van der Waals surface area contributed by atoms with Gasteiger partial charge in [0, 0.05) is 18.2 Å². The van der Waals surface area contributed by atoms with E-state index in [9.17, 15) is 22.4 Å². The van der Waals surface area contributed by atoms with Crippen molar-refractivity contribution in [3.05, 3.63) is 41.6 Å². The number of benzene rings is 1. The van der Waals surface area contributed by atoms with Gasteiger partial charge in [-0.3, -0.25) is 9.59 Å². The normalized spacial score (nSPS) is 19.7. The summed E-state index contributed by atoms with van der Waals surface area (Å²) in [6, 6.07) is 3.06.